The van der Waals surface area contributed by atoms with Crippen LogP contribution in [0.4, 0.5) is 0 Å². The van der Waals surface area contributed by atoms with Crippen LogP contribution in [0.1, 0.15) is 24.8 Å². The zero-order chi connectivity index (χ0) is 18.4. The molecule has 0 aromatic heterocycles. The maximum atomic E-state index is 12.8. The first-order valence-corrected chi connectivity index (χ1v) is 8.39. The fourth-order valence-electron chi connectivity index (χ4n) is 3.41. The fraction of sp³-hybridized carbons (Fsp3) is 0.579. The molecule has 0 radical (unpaired) electrons. The Labute approximate surface area is 148 Å². The number of carbonyl (C=O) groups is 2. The van der Waals surface area contributed by atoms with Gasteiger partial charge in [-0.3, -0.25) is 9.59 Å². The van der Waals surface area contributed by atoms with Crippen molar-refractivity contribution in [3.05, 3.63) is 23.8 Å². The molecule has 0 bridgehead atoms. The molecule has 0 aliphatic heterocycles. The zero-order valence-electron chi connectivity index (χ0n) is 15.2. The summed E-state index contributed by atoms with van der Waals surface area (Å²) in [6, 6.07) is 5.63. The summed E-state index contributed by atoms with van der Waals surface area (Å²) in [4.78, 5) is 25.2. The molecule has 138 valence electrons. The Balaban J connectivity index is 2.12. The van der Waals surface area contributed by atoms with Crippen LogP contribution in [-0.4, -0.2) is 46.3 Å². The van der Waals surface area contributed by atoms with Crippen molar-refractivity contribution < 1.29 is 28.5 Å². The molecule has 2 atom stereocenters. The Kier molecular flexibility index (Phi) is 6.96. The van der Waals surface area contributed by atoms with E-state index in [-0.39, 0.29) is 17.5 Å². The summed E-state index contributed by atoms with van der Waals surface area (Å²) < 4.78 is 20.6. The van der Waals surface area contributed by atoms with Crippen LogP contribution in [0.5, 0.6) is 11.5 Å². The van der Waals surface area contributed by atoms with Crippen LogP contribution in [0.2, 0.25) is 0 Å². The van der Waals surface area contributed by atoms with E-state index in [9.17, 15) is 9.59 Å². The molecular formula is C19H26O6. The average Bonchev–Trinajstić information content (AvgIpc) is 2.64. The summed E-state index contributed by atoms with van der Waals surface area (Å²) in [6.07, 6.45) is 1.77. The number of ketones is 2. The van der Waals surface area contributed by atoms with E-state index in [0.29, 0.717) is 24.3 Å². The van der Waals surface area contributed by atoms with Gasteiger partial charge >= 0.3 is 0 Å². The van der Waals surface area contributed by atoms with Crippen molar-refractivity contribution >= 4 is 11.6 Å². The molecule has 2 unspecified atom stereocenters. The maximum Gasteiger partial charge on any atom is 0.218 e. The molecule has 1 aliphatic carbocycles. The van der Waals surface area contributed by atoms with Gasteiger partial charge in [-0.2, -0.15) is 0 Å². The highest BCUT2D eigenvalue weighted by molar-refractivity contribution is 6.05. The lowest BCUT2D eigenvalue weighted by Crippen LogP contribution is -2.41. The predicted octanol–water partition coefficient (Wildman–Crippen LogP) is 2.42. The van der Waals surface area contributed by atoms with Crippen LogP contribution in [-0.2, 0) is 25.5 Å². The maximum absolute atomic E-state index is 12.8. The van der Waals surface area contributed by atoms with Crippen molar-refractivity contribution in [3.63, 3.8) is 0 Å². The highest BCUT2D eigenvalue weighted by atomic mass is 16.7. The predicted molar refractivity (Wildman–Crippen MR) is 91.9 cm³/mol. The number of rotatable bonds is 8. The SMILES string of the molecule is COc1ccc(CC2CCCC(C(=O)C(OC)OC)C2=O)cc1OC. The van der Waals surface area contributed by atoms with Gasteiger partial charge in [0, 0.05) is 20.1 Å². The number of Topliss-reactive ketones (excluding diaryl/α,β-unsaturated/α-hetero) is 2. The largest absolute Gasteiger partial charge is 0.493 e. The number of methoxy groups -OCH3 is 4. The monoisotopic (exact) mass is 350 g/mol. The van der Waals surface area contributed by atoms with Crippen molar-refractivity contribution in [2.75, 3.05) is 28.4 Å². The summed E-state index contributed by atoms with van der Waals surface area (Å²) in [5.41, 5.74) is 0.985. The lowest BCUT2D eigenvalue weighted by Gasteiger charge is -2.28. The molecule has 2 rings (SSSR count). The molecule has 0 heterocycles. The molecule has 0 spiro atoms. The highest BCUT2D eigenvalue weighted by Crippen LogP contribution is 2.33. The molecule has 1 aliphatic rings. The van der Waals surface area contributed by atoms with Gasteiger partial charge in [0.05, 0.1) is 20.1 Å². The Morgan fingerprint density at radius 3 is 2.36 bits per heavy atom. The molecule has 25 heavy (non-hydrogen) atoms. The Morgan fingerprint density at radius 2 is 1.76 bits per heavy atom. The smallest absolute Gasteiger partial charge is 0.218 e. The zero-order valence-corrected chi connectivity index (χ0v) is 15.2. The quantitative estimate of drug-likeness (QED) is 0.530. The number of carbonyl (C=O) groups excluding carboxylic acids is 2. The number of hydrogen-bond donors (Lipinski definition) is 0. The van der Waals surface area contributed by atoms with Gasteiger partial charge in [-0.05, 0) is 37.0 Å². The van der Waals surface area contributed by atoms with Crippen molar-refractivity contribution in [1.82, 2.24) is 0 Å². The van der Waals surface area contributed by atoms with E-state index >= 15 is 0 Å². The fourth-order valence-corrected chi connectivity index (χ4v) is 3.41. The molecule has 1 aromatic rings. The lowest BCUT2D eigenvalue weighted by atomic mass is 9.75. The van der Waals surface area contributed by atoms with Gasteiger partial charge in [0.1, 0.15) is 5.78 Å². The second-order valence-electron chi connectivity index (χ2n) is 6.18. The molecule has 0 amide bonds. The summed E-state index contributed by atoms with van der Waals surface area (Å²) in [6.45, 7) is 0. The van der Waals surface area contributed by atoms with E-state index in [1.807, 2.05) is 18.2 Å². The van der Waals surface area contributed by atoms with Crippen LogP contribution in [0.25, 0.3) is 0 Å². The van der Waals surface area contributed by atoms with Gasteiger partial charge in [0.15, 0.2) is 17.3 Å². The highest BCUT2D eigenvalue weighted by Gasteiger charge is 2.38. The van der Waals surface area contributed by atoms with E-state index in [1.54, 1.807) is 14.2 Å². The van der Waals surface area contributed by atoms with Crippen LogP contribution < -0.4 is 9.47 Å². The van der Waals surface area contributed by atoms with Crippen LogP contribution in [0, 0.1) is 11.8 Å². The van der Waals surface area contributed by atoms with E-state index in [0.717, 1.165) is 18.4 Å². The minimum absolute atomic E-state index is 0.0230. The molecular weight excluding hydrogens is 324 g/mol. The van der Waals surface area contributed by atoms with Crippen molar-refractivity contribution in [3.8, 4) is 11.5 Å². The molecule has 0 N–H and O–H groups in total. The second-order valence-corrected chi connectivity index (χ2v) is 6.18. The first kappa shape index (κ1) is 19.4. The van der Waals surface area contributed by atoms with Crippen LogP contribution in [0.3, 0.4) is 0 Å². The Bertz CT molecular complexity index is 608. The minimum atomic E-state index is -0.978. The van der Waals surface area contributed by atoms with Gasteiger partial charge in [-0.15, -0.1) is 0 Å². The summed E-state index contributed by atoms with van der Waals surface area (Å²) in [5.74, 6) is 0.142. The second kappa shape index (κ2) is 8.97. The summed E-state index contributed by atoms with van der Waals surface area (Å²) in [7, 11) is 5.97. The van der Waals surface area contributed by atoms with E-state index in [4.69, 9.17) is 18.9 Å². The minimum Gasteiger partial charge on any atom is -0.493 e. The molecule has 1 aromatic carbocycles. The third-order valence-corrected chi connectivity index (χ3v) is 4.73. The first-order chi connectivity index (χ1) is 12.0. The van der Waals surface area contributed by atoms with Gasteiger partial charge in [-0.1, -0.05) is 12.5 Å². The molecule has 6 heteroatoms. The third-order valence-electron chi connectivity index (χ3n) is 4.73. The lowest BCUT2D eigenvalue weighted by molar-refractivity contribution is -0.164. The average molecular weight is 350 g/mol. The number of benzene rings is 1. The Hall–Kier alpha value is -1.92. The van der Waals surface area contributed by atoms with Gasteiger partial charge in [-0.25, -0.2) is 0 Å². The van der Waals surface area contributed by atoms with Gasteiger partial charge in [0.2, 0.25) is 6.29 Å². The number of hydrogen-bond acceptors (Lipinski definition) is 6. The third kappa shape index (κ3) is 4.38. The topological polar surface area (TPSA) is 71.1 Å². The molecule has 1 saturated carbocycles. The van der Waals surface area contributed by atoms with Crippen molar-refractivity contribution in [1.29, 1.82) is 0 Å². The normalized spacial score (nSPS) is 20.6. The van der Waals surface area contributed by atoms with E-state index in [1.165, 1.54) is 14.2 Å². The Morgan fingerprint density at radius 1 is 1.08 bits per heavy atom. The molecule has 1 fully saturated rings. The van der Waals surface area contributed by atoms with E-state index in [2.05, 4.69) is 0 Å². The van der Waals surface area contributed by atoms with Crippen molar-refractivity contribution in [2.45, 2.75) is 32.0 Å². The standard InChI is InChI=1S/C19H26O6/c1-22-15-9-8-12(11-16(15)23-2)10-13-6-5-7-14(17(13)20)18(21)19(24-3)25-4/h8-9,11,13-14,19H,5-7,10H2,1-4H3. The van der Waals surface area contributed by atoms with Crippen LogP contribution >= 0.6 is 0 Å². The van der Waals surface area contributed by atoms with Gasteiger partial charge in [0.25, 0.3) is 0 Å². The summed E-state index contributed by atoms with van der Waals surface area (Å²) in [5, 5.41) is 0. The van der Waals surface area contributed by atoms with Gasteiger partial charge < -0.3 is 18.9 Å². The molecule has 6 nitrogen and oxygen atoms in total. The van der Waals surface area contributed by atoms with Crippen LogP contribution in [0.15, 0.2) is 18.2 Å². The van der Waals surface area contributed by atoms with E-state index < -0.39 is 12.2 Å². The molecule has 0 saturated heterocycles. The first-order valence-electron chi connectivity index (χ1n) is 8.39. The van der Waals surface area contributed by atoms with Crippen molar-refractivity contribution in [2.24, 2.45) is 11.8 Å². The summed E-state index contributed by atoms with van der Waals surface area (Å²) >= 11 is 0. The number of ether oxygens (including phenoxy) is 4.